The molecule has 1 N–H and O–H groups in total. The second kappa shape index (κ2) is 6.37. The molecule has 0 aromatic heterocycles. The Bertz CT molecular complexity index is 425. The van der Waals surface area contributed by atoms with Gasteiger partial charge in [0.2, 0.25) is 5.91 Å². The molecule has 1 fully saturated rings. The zero-order valence-corrected chi connectivity index (χ0v) is 12.4. The molecular weight excluding hydrogens is 290 g/mol. The average Bonchev–Trinajstić information content (AvgIpc) is 2.42. The third-order valence-electron chi connectivity index (χ3n) is 3.72. The van der Waals surface area contributed by atoms with Gasteiger partial charge in [-0.05, 0) is 42.9 Å². The van der Waals surface area contributed by atoms with Crippen molar-refractivity contribution in [3.63, 3.8) is 0 Å². The van der Waals surface area contributed by atoms with Gasteiger partial charge < -0.3 is 5.32 Å². The number of hydrogen-bond donors (Lipinski definition) is 1. The Labute approximate surface area is 117 Å². The zero-order chi connectivity index (χ0) is 13.0. The van der Waals surface area contributed by atoms with Crippen LogP contribution in [0, 0.1) is 6.92 Å². The molecule has 1 aromatic carbocycles. The molecule has 1 amide bonds. The molecule has 3 heteroatoms. The van der Waals surface area contributed by atoms with Crippen LogP contribution in [0.4, 0.5) is 5.69 Å². The van der Waals surface area contributed by atoms with Crippen molar-refractivity contribution in [2.45, 2.75) is 44.9 Å². The van der Waals surface area contributed by atoms with Gasteiger partial charge in [0, 0.05) is 5.69 Å². The molecule has 18 heavy (non-hydrogen) atoms. The summed E-state index contributed by atoms with van der Waals surface area (Å²) in [5.41, 5.74) is 3.52. The minimum atomic E-state index is 0.00326. The maximum absolute atomic E-state index is 11.4. The topological polar surface area (TPSA) is 29.1 Å². The molecule has 1 saturated carbocycles. The number of carbonyl (C=O) groups is 1. The van der Waals surface area contributed by atoms with Gasteiger partial charge in [-0.2, -0.15) is 0 Å². The summed E-state index contributed by atoms with van der Waals surface area (Å²) in [7, 11) is 0. The lowest BCUT2D eigenvalue weighted by Crippen LogP contribution is -2.13. The summed E-state index contributed by atoms with van der Waals surface area (Å²) < 4.78 is 0. The van der Waals surface area contributed by atoms with E-state index in [2.05, 4.69) is 40.3 Å². The van der Waals surface area contributed by atoms with Gasteiger partial charge in [0.15, 0.2) is 0 Å². The Balaban J connectivity index is 2.11. The molecule has 1 aromatic rings. The van der Waals surface area contributed by atoms with E-state index in [1.807, 2.05) is 6.07 Å². The number of amides is 1. The molecule has 0 atom stereocenters. The molecule has 2 rings (SSSR count). The van der Waals surface area contributed by atoms with Crippen molar-refractivity contribution in [3.8, 4) is 0 Å². The number of carbonyl (C=O) groups excluding carboxylic acids is 1. The Morgan fingerprint density at radius 2 is 2.06 bits per heavy atom. The predicted molar refractivity (Wildman–Crippen MR) is 79.4 cm³/mol. The van der Waals surface area contributed by atoms with Crippen molar-refractivity contribution in [2.75, 3.05) is 10.6 Å². The number of rotatable bonds is 3. The summed E-state index contributed by atoms with van der Waals surface area (Å²) in [5.74, 6) is 0.724. The third-order valence-corrected chi connectivity index (χ3v) is 4.23. The number of hydrogen-bond acceptors (Lipinski definition) is 1. The van der Waals surface area contributed by atoms with E-state index >= 15 is 0 Å². The Hall–Kier alpha value is -0.830. The van der Waals surface area contributed by atoms with Crippen molar-refractivity contribution >= 4 is 27.5 Å². The Morgan fingerprint density at radius 3 is 2.67 bits per heavy atom. The third kappa shape index (κ3) is 3.35. The van der Waals surface area contributed by atoms with E-state index in [1.165, 1.54) is 37.7 Å². The van der Waals surface area contributed by atoms with Crippen LogP contribution in [-0.2, 0) is 4.79 Å². The summed E-state index contributed by atoms with van der Waals surface area (Å²) in [6, 6.07) is 6.45. The van der Waals surface area contributed by atoms with Crippen LogP contribution in [0.3, 0.4) is 0 Å². The van der Waals surface area contributed by atoms with Crippen LogP contribution in [0.2, 0.25) is 0 Å². The Morgan fingerprint density at radius 1 is 1.33 bits per heavy atom. The summed E-state index contributed by atoms with van der Waals surface area (Å²) in [6.07, 6.45) is 6.71. The van der Waals surface area contributed by atoms with Crippen LogP contribution in [0.5, 0.6) is 0 Å². The van der Waals surface area contributed by atoms with Gasteiger partial charge in [0.05, 0.1) is 5.33 Å². The number of nitrogens with one attached hydrogen (secondary N) is 1. The summed E-state index contributed by atoms with van der Waals surface area (Å²) in [4.78, 5) is 11.4. The molecule has 0 saturated heterocycles. The van der Waals surface area contributed by atoms with E-state index in [9.17, 15) is 4.79 Å². The minimum Gasteiger partial charge on any atom is -0.325 e. The monoisotopic (exact) mass is 309 g/mol. The predicted octanol–water partition coefficient (Wildman–Crippen LogP) is 4.38. The van der Waals surface area contributed by atoms with Crippen molar-refractivity contribution in [2.24, 2.45) is 0 Å². The largest absolute Gasteiger partial charge is 0.325 e. The van der Waals surface area contributed by atoms with Crippen LogP contribution in [0.15, 0.2) is 18.2 Å². The van der Waals surface area contributed by atoms with Gasteiger partial charge in [-0.3, -0.25) is 4.79 Å². The SMILES string of the molecule is Cc1cc(C2CCCCC2)ccc1NC(=O)CBr. The fourth-order valence-electron chi connectivity index (χ4n) is 2.70. The van der Waals surface area contributed by atoms with Crippen LogP contribution in [0.25, 0.3) is 0 Å². The minimum absolute atomic E-state index is 0.00326. The molecule has 0 unspecified atom stereocenters. The highest BCUT2D eigenvalue weighted by Crippen LogP contribution is 2.34. The average molecular weight is 310 g/mol. The number of anilines is 1. The second-order valence-corrected chi connectivity index (χ2v) is 5.65. The fourth-order valence-corrected chi connectivity index (χ4v) is 2.84. The smallest absolute Gasteiger partial charge is 0.235 e. The van der Waals surface area contributed by atoms with Gasteiger partial charge in [-0.15, -0.1) is 0 Å². The normalized spacial score (nSPS) is 16.6. The van der Waals surface area contributed by atoms with Gasteiger partial charge in [0.25, 0.3) is 0 Å². The number of alkyl halides is 1. The molecule has 0 bridgehead atoms. The molecule has 1 aliphatic carbocycles. The molecule has 98 valence electrons. The van der Waals surface area contributed by atoms with E-state index in [4.69, 9.17) is 0 Å². The highest BCUT2D eigenvalue weighted by Gasteiger charge is 2.16. The molecule has 1 aliphatic rings. The van der Waals surface area contributed by atoms with E-state index < -0.39 is 0 Å². The van der Waals surface area contributed by atoms with Crippen molar-refractivity contribution in [1.29, 1.82) is 0 Å². The zero-order valence-electron chi connectivity index (χ0n) is 10.8. The number of aryl methyl sites for hydroxylation is 1. The van der Waals surface area contributed by atoms with Gasteiger partial charge in [-0.25, -0.2) is 0 Å². The van der Waals surface area contributed by atoms with Crippen molar-refractivity contribution in [3.05, 3.63) is 29.3 Å². The first-order valence-corrected chi connectivity index (χ1v) is 7.79. The maximum Gasteiger partial charge on any atom is 0.235 e. The van der Waals surface area contributed by atoms with Crippen LogP contribution >= 0.6 is 15.9 Å². The lowest BCUT2D eigenvalue weighted by Gasteiger charge is -2.22. The van der Waals surface area contributed by atoms with Crippen molar-refractivity contribution < 1.29 is 4.79 Å². The van der Waals surface area contributed by atoms with Crippen LogP contribution in [-0.4, -0.2) is 11.2 Å². The van der Waals surface area contributed by atoms with Crippen molar-refractivity contribution in [1.82, 2.24) is 0 Å². The first-order chi connectivity index (χ1) is 8.70. The molecule has 0 heterocycles. The maximum atomic E-state index is 11.4. The molecule has 2 nitrogen and oxygen atoms in total. The summed E-state index contributed by atoms with van der Waals surface area (Å²) >= 11 is 3.16. The highest BCUT2D eigenvalue weighted by atomic mass is 79.9. The molecule has 0 radical (unpaired) electrons. The Kier molecular flexibility index (Phi) is 4.81. The van der Waals surface area contributed by atoms with Gasteiger partial charge in [0.1, 0.15) is 0 Å². The summed E-state index contributed by atoms with van der Waals surface area (Å²) in [5, 5.41) is 3.25. The molecule has 0 spiro atoms. The first-order valence-electron chi connectivity index (χ1n) is 6.67. The van der Waals surface area contributed by atoms with Crippen LogP contribution in [0.1, 0.15) is 49.1 Å². The standard InChI is InChI=1S/C15H20BrNO/c1-11-9-13(12-5-3-2-4-6-12)7-8-14(11)17-15(18)10-16/h7-9,12H,2-6,10H2,1H3,(H,17,18). The lowest BCUT2D eigenvalue weighted by atomic mass is 9.83. The summed E-state index contributed by atoms with van der Waals surface area (Å²) in [6.45, 7) is 2.07. The number of benzene rings is 1. The van der Waals surface area contributed by atoms with E-state index in [1.54, 1.807) is 0 Å². The van der Waals surface area contributed by atoms with E-state index in [0.717, 1.165) is 17.2 Å². The fraction of sp³-hybridized carbons (Fsp3) is 0.533. The second-order valence-electron chi connectivity index (χ2n) is 5.09. The lowest BCUT2D eigenvalue weighted by molar-refractivity contribution is -0.113. The van der Waals surface area contributed by atoms with Gasteiger partial charge >= 0.3 is 0 Å². The van der Waals surface area contributed by atoms with E-state index in [0.29, 0.717) is 5.33 Å². The van der Waals surface area contributed by atoms with Crippen LogP contribution < -0.4 is 5.32 Å². The molecular formula is C15H20BrNO. The highest BCUT2D eigenvalue weighted by molar-refractivity contribution is 9.09. The first kappa shape index (κ1) is 13.6. The quantitative estimate of drug-likeness (QED) is 0.825. The number of halogens is 1. The van der Waals surface area contributed by atoms with Gasteiger partial charge in [-0.1, -0.05) is 47.3 Å². The van der Waals surface area contributed by atoms with E-state index in [-0.39, 0.29) is 5.91 Å². The molecule has 0 aliphatic heterocycles.